The minimum absolute atomic E-state index is 0.0829. The van der Waals surface area contributed by atoms with Gasteiger partial charge >= 0.3 is 0 Å². The first kappa shape index (κ1) is 23.7. The zero-order chi connectivity index (χ0) is 23.4. The Morgan fingerprint density at radius 3 is 2.55 bits per heavy atom. The van der Waals surface area contributed by atoms with E-state index in [2.05, 4.69) is 12.2 Å². The van der Waals surface area contributed by atoms with Gasteiger partial charge in [-0.1, -0.05) is 49.6 Å². The summed E-state index contributed by atoms with van der Waals surface area (Å²) < 4.78 is 10.9. The first-order valence-corrected chi connectivity index (χ1v) is 12.2. The van der Waals surface area contributed by atoms with Gasteiger partial charge in [-0.15, -0.1) is 11.6 Å². The zero-order valence-corrected chi connectivity index (χ0v) is 20.1. The number of amides is 2. The number of ether oxygens (including phenoxy) is 2. The average Bonchev–Trinajstić information content (AvgIpc) is 3.29. The van der Waals surface area contributed by atoms with Gasteiger partial charge in [-0.2, -0.15) is 0 Å². The van der Waals surface area contributed by atoms with Crippen molar-refractivity contribution >= 4 is 35.0 Å². The third-order valence-corrected chi connectivity index (χ3v) is 6.89. The molecule has 0 unspecified atom stereocenters. The van der Waals surface area contributed by atoms with Gasteiger partial charge in [-0.25, -0.2) is 0 Å². The lowest BCUT2D eigenvalue weighted by Gasteiger charge is -2.35. The summed E-state index contributed by atoms with van der Waals surface area (Å²) in [5.74, 6) is 0.888. The number of alkyl halides is 1. The predicted octanol–water partition coefficient (Wildman–Crippen LogP) is 5.07. The number of rotatable bonds is 7. The molecule has 4 rings (SSSR count). The van der Waals surface area contributed by atoms with Gasteiger partial charge < -0.3 is 19.7 Å². The number of nitrogens with zero attached hydrogens (tertiary/aromatic N) is 1. The number of hydrogen-bond acceptors (Lipinski definition) is 4. The Morgan fingerprint density at radius 2 is 1.82 bits per heavy atom. The molecular weight excluding hydrogens is 463 g/mol. The first-order valence-electron chi connectivity index (χ1n) is 11.3. The Bertz CT molecular complexity index is 998. The summed E-state index contributed by atoms with van der Waals surface area (Å²) in [4.78, 5) is 28.2. The Morgan fingerprint density at radius 1 is 1.09 bits per heavy atom. The van der Waals surface area contributed by atoms with Gasteiger partial charge in [0, 0.05) is 17.6 Å². The minimum Gasteiger partial charge on any atom is -0.454 e. The summed E-state index contributed by atoms with van der Waals surface area (Å²) in [7, 11) is 0. The van der Waals surface area contributed by atoms with Crippen LogP contribution in [0.25, 0.3) is 0 Å². The number of fused-ring (bicyclic) bond motifs is 1. The molecule has 1 aliphatic heterocycles. The Balaban J connectivity index is 1.66. The zero-order valence-electron chi connectivity index (χ0n) is 18.6. The lowest BCUT2D eigenvalue weighted by molar-refractivity contribution is -0.140. The van der Waals surface area contributed by atoms with Crippen molar-refractivity contribution < 1.29 is 19.1 Å². The van der Waals surface area contributed by atoms with Crippen LogP contribution in [-0.2, 0) is 16.1 Å². The molecule has 1 heterocycles. The van der Waals surface area contributed by atoms with E-state index in [0.717, 1.165) is 24.8 Å². The van der Waals surface area contributed by atoms with Gasteiger partial charge in [-0.05, 0) is 54.2 Å². The van der Waals surface area contributed by atoms with Crippen LogP contribution >= 0.6 is 23.2 Å². The highest BCUT2D eigenvalue weighted by Crippen LogP contribution is 2.34. The van der Waals surface area contributed by atoms with E-state index in [1.54, 1.807) is 24.3 Å². The van der Waals surface area contributed by atoms with Crippen LogP contribution in [0, 0.1) is 5.92 Å². The molecule has 6 nitrogen and oxygen atoms in total. The summed E-state index contributed by atoms with van der Waals surface area (Å²) in [6.45, 7) is 2.53. The van der Waals surface area contributed by atoms with Crippen LogP contribution in [-0.4, -0.2) is 35.4 Å². The fourth-order valence-electron chi connectivity index (χ4n) is 4.55. The highest BCUT2D eigenvalue weighted by molar-refractivity contribution is 6.30. The van der Waals surface area contributed by atoms with Crippen LogP contribution in [0.5, 0.6) is 11.5 Å². The molecule has 0 radical (unpaired) electrons. The van der Waals surface area contributed by atoms with Crippen LogP contribution in [0.2, 0.25) is 5.02 Å². The highest BCUT2D eigenvalue weighted by atomic mass is 35.5. The molecule has 176 valence electrons. The van der Waals surface area contributed by atoms with E-state index in [1.165, 1.54) is 11.3 Å². The van der Waals surface area contributed by atoms with Crippen LogP contribution in [0.3, 0.4) is 0 Å². The lowest BCUT2D eigenvalue weighted by Crippen LogP contribution is -2.49. The molecule has 8 heteroatoms. The van der Waals surface area contributed by atoms with E-state index in [9.17, 15) is 9.59 Å². The monoisotopic (exact) mass is 490 g/mol. The molecule has 1 fully saturated rings. The van der Waals surface area contributed by atoms with Crippen molar-refractivity contribution in [3.05, 3.63) is 58.6 Å². The van der Waals surface area contributed by atoms with Crippen molar-refractivity contribution in [2.24, 2.45) is 5.92 Å². The third-order valence-electron chi connectivity index (χ3n) is 6.41. The molecule has 0 spiro atoms. The number of nitrogens with one attached hydrogen (secondary N) is 1. The van der Waals surface area contributed by atoms with E-state index in [-0.39, 0.29) is 37.1 Å². The number of carbonyl (C=O) groups is 2. The van der Waals surface area contributed by atoms with E-state index in [4.69, 9.17) is 32.7 Å². The number of hydrogen-bond donors (Lipinski definition) is 1. The fraction of sp³-hybridized carbons (Fsp3) is 0.440. The van der Waals surface area contributed by atoms with Crippen LogP contribution in [0.15, 0.2) is 42.5 Å². The molecule has 2 amide bonds. The number of benzene rings is 2. The minimum atomic E-state index is -0.840. The summed E-state index contributed by atoms with van der Waals surface area (Å²) >= 11 is 12.1. The molecule has 1 aliphatic carbocycles. The topological polar surface area (TPSA) is 67.9 Å². The van der Waals surface area contributed by atoms with Crippen molar-refractivity contribution in [3.63, 3.8) is 0 Å². The van der Waals surface area contributed by atoms with Crippen molar-refractivity contribution in [2.45, 2.75) is 51.2 Å². The maximum Gasteiger partial charge on any atom is 0.247 e. The molecule has 33 heavy (non-hydrogen) atoms. The van der Waals surface area contributed by atoms with Gasteiger partial charge in [-0.3, -0.25) is 9.59 Å². The average molecular weight is 491 g/mol. The quantitative estimate of drug-likeness (QED) is 0.549. The van der Waals surface area contributed by atoms with E-state index in [0.29, 0.717) is 28.0 Å². The lowest BCUT2D eigenvalue weighted by atomic mass is 9.85. The summed E-state index contributed by atoms with van der Waals surface area (Å²) in [6.07, 6.45) is 4.28. The van der Waals surface area contributed by atoms with Crippen molar-refractivity contribution in [3.8, 4) is 11.5 Å². The Kier molecular flexibility index (Phi) is 7.66. The van der Waals surface area contributed by atoms with Gasteiger partial charge in [0.1, 0.15) is 11.9 Å². The Labute approximate surface area is 204 Å². The molecule has 2 aliphatic rings. The van der Waals surface area contributed by atoms with Gasteiger partial charge in [0.25, 0.3) is 0 Å². The molecule has 0 bridgehead atoms. The van der Waals surface area contributed by atoms with E-state index < -0.39 is 6.04 Å². The second-order valence-corrected chi connectivity index (χ2v) is 9.38. The second kappa shape index (κ2) is 10.7. The molecular formula is C25H28Cl2N2O4. The van der Waals surface area contributed by atoms with Crippen molar-refractivity contribution in [1.82, 2.24) is 10.2 Å². The van der Waals surface area contributed by atoms with Gasteiger partial charge in [0.05, 0.1) is 0 Å². The third kappa shape index (κ3) is 5.56. The van der Waals surface area contributed by atoms with Crippen LogP contribution in [0.1, 0.15) is 49.8 Å². The maximum absolute atomic E-state index is 13.7. The van der Waals surface area contributed by atoms with Crippen molar-refractivity contribution in [1.29, 1.82) is 0 Å². The molecule has 3 atom stereocenters. The van der Waals surface area contributed by atoms with Crippen LogP contribution < -0.4 is 14.8 Å². The smallest absolute Gasteiger partial charge is 0.247 e. The normalized spacial score (nSPS) is 20.2. The first-order chi connectivity index (χ1) is 16.0. The summed E-state index contributed by atoms with van der Waals surface area (Å²) in [6, 6.07) is 11.8. The summed E-state index contributed by atoms with van der Waals surface area (Å²) in [5, 5.41) is 3.78. The van der Waals surface area contributed by atoms with Gasteiger partial charge in [0.2, 0.25) is 18.6 Å². The molecule has 2 aromatic rings. The molecule has 1 N–H and O–H groups in total. The van der Waals surface area contributed by atoms with Crippen molar-refractivity contribution in [2.75, 3.05) is 12.7 Å². The maximum atomic E-state index is 13.7. The number of carbonyl (C=O) groups excluding carboxylic acids is 2. The molecule has 1 saturated carbocycles. The highest BCUT2D eigenvalue weighted by Gasteiger charge is 2.34. The number of halogens is 2. The Hall–Kier alpha value is -2.44. The predicted molar refractivity (Wildman–Crippen MR) is 128 cm³/mol. The van der Waals surface area contributed by atoms with E-state index in [1.807, 2.05) is 18.2 Å². The molecule has 2 aromatic carbocycles. The van der Waals surface area contributed by atoms with E-state index >= 15 is 0 Å². The SMILES string of the molecule is C[C@@H]1CCCC[C@@H]1NC(=O)[C@@H](c1ccc(Cl)cc1)N(Cc1ccc2c(c1)OCO2)C(=O)CCl. The summed E-state index contributed by atoms with van der Waals surface area (Å²) in [5.41, 5.74) is 1.50. The van der Waals surface area contributed by atoms with Gasteiger partial charge in [0.15, 0.2) is 11.5 Å². The standard InChI is InChI=1S/C25H28Cl2N2O4/c1-16-4-2-3-5-20(16)28-25(31)24(18-7-9-19(27)10-8-18)29(23(30)13-26)14-17-6-11-21-22(12-17)33-15-32-21/h6-12,16,20,24H,2-5,13-15H2,1H3,(H,28,31)/t16-,20+,24-/m1/s1. The fourth-order valence-corrected chi connectivity index (χ4v) is 4.83. The molecule has 0 saturated heterocycles. The molecule has 0 aromatic heterocycles. The van der Waals surface area contributed by atoms with Crippen LogP contribution in [0.4, 0.5) is 0 Å². The largest absolute Gasteiger partial charge is 0.454 e. The second-order valence-electron chi connectivity index (χ2n) is 8.67.